The van der Waals surface area contributed by atoms with E-state index >= 15 is 0 Å². The minimum atomic E-state index is -0.603. The molecule has 0 radical (unpaired) electrons. The van der Waals surface area contributed by atoms with Crippen molar-refractivity contribution in [2.24, 2.45) is 0 Å². The SMILES string of the molecule is COC(=O)COc1c(N)cccc1F. The average Bonchev–Trinajstić information content (AvgIpc) is 2.16. The molecule has 0 amide bonds. The van der Waals surface area contributed by atoms with Gasteiger partial charge in [0.1, 0.15) is 0 Å². The molecule has 1 rings (SSSR count). The molecular weight excluding hydrogens is 189 g/mol. The van der Waals surface area contributed by atoms with Crippen LogP contribution >= 0.6 is 0 Å². The molecule has 0 fully saturated rings. The van der Waals surface area contributed by atoms with Crippen molar-refractivity contribution in [1.29, 1.82) is 0 Å². The van der Waals surface area contributed by atoms with E-state index < -0.39 is 11.8 Å². The largest absolute Gasteiger partial charge is 0.477 e. The summed E-state index contributed by atoms with van der Waals surface area (Å²) in [6, 6.07) is 4.13. The van der Waals surface area contributed by atoms with Crippen LogP contribution in [-0.4, -0.2) is 19.7 Å². The van der Waals surface area contributed by atoms with Crippen LogP contribution in [0.4, 0.5) is 10.1 Å². The number of ether oxygens (including phenoxy) is 2. The molecule has 0 saturated carbocycles. The van der Waals surface area contributed by atoms with Gasteiger partial charge in [0.05, 0.1) is 12.8 Å². The number of halogens is 1. The van der Waals surface area contributed by atoms with Crippen molar-refractivity contribution in [3.05, 3.63) is 24.0 Å². The fourth-order valence-corrected chi connectivity index (χ4v) is 0.868. The van der Waals surface area contributed by atoms with Crippen LogP contribution in [0.2, 0.25) is 0 Å². The molecular formula is C9H10FNO3. The third-order valence-electron chi connectivity index (χ3n) is 1.56. The normalized spacial score (nSPS) is 9.57. The molecule has 0 aliphatic heterocycles. The number of para-hydroxylation sites is 1. The van der Waals surface area contributed by atoms with Crippen LogP contribution in [0.25, 0.3) is 0 Å². The van der Waals surface area contributed by atoms with Crippen molar-refractivity contribution < 1.29 is 18.7 Å². The molecule has 2 N–H and O–H groups in total. The number of nitrogens with two attached hydrogens (primary N) is 1. The molecule has 0 heterocycles. The lowest BCUT2D eigenvalue weighted by Gasteiger charge is -2.07. The second-order valence-electron chi connectivity index (χ2n) is 2.52. The van der Waals surface area contributed by atoms with Crippen molar-refractivity contribution in [2.45, 2.75) is 0 Å². The molecule has 0 aliphatic rings. The summed E-state index contributed by atoms with van der Waals surface area (Å²) in [5.41, 5.74) is 5.58. The maximum atomic E-state index is 13.0. The first-order chi connectivity index (χ1) is 6.65. The van der Waals surface area contributed by atoms with Gasteiger partial charge in [-0.3, -0.25) is 0 Å². The van der Waals surface area contributed by atoms with Gasteiger partial charge >= 0.3 is 5.97 Å². The number of carbonyl (C=O) groups excluding carboxylic acids is 1. The Hall–Kier alpha value is -1.78. The van der Waals surface area contributed by atoms with E-state index in [1.165, 1.54) is 25.3 Å². The molecule has 1 aromatic carbocycles. The van der Waals surface area contributed by atoms with Gasteiger partial charge in [-0.1, -0.05) is 6.07 Å². The number of anilines is 1. The Bertz CT molecular complexity index is 321. The zero-order chi connectivity index (χ0) is 10.6. The van der Waals surface area contributed by atoms with Gasteiger partial charge in [-0.05, 0) is 12.1 Å². The van der Waals surface area contributed by atoms with E-state index in [1.54, 1.807) is 0 Å². The van der Waals surface area contributed by atoms with Gasteiger partial charge < -0.3 is 15.2 Å². The molecule has 14 heavy (non-hydrogen) atoms. The number of carbonyl (C=O) groups is 1. The highest BCUT2D eigenvalue weighted by Crippen LogP contribution is 2.24. The van der Waals surface area contributed by atoms with Crippen LogP contribution < -0.4 is 10.5 Å². The van der Waals surface area contributed by atoms with E-state index in [9.17, 15) is 9.18 Å². The Balaban J connectivity index is 2.71. The summed E-state index contributed by atoms with van der Waals surface area (Å²) < 4.78 is 22.2. The highest BCUT2D eigenvalue weighted by Gasteiger charge is 2.09. The molecule has 1 aromatic rings. The highest BCUT2D eigenvalue weighted by molar-refractivity contribution is 5.71. The van der Waals surface area contributed by atoms with E-state index in [2.05, 4.69) is 4.74 Å². The first-order valence-electron chi connectivity index (χ1n) is 3.88. The first-order valence-corrected chi connectivity index (χ1v) is 3.88. The van der Waals surface area contributed by atoms with Gasteiger partial charge in [-0.25, -0.2) is 9.18 Å². The van der Waals surface area contributed by atoms with Crippen LogP contribution in [-0.2, 0) is 9.53 Å². The minimum Gasteiger partial charge on any atom is -0.477 e. The smallest absolute Gasteiger partial charge is 0.343 e. The van der Waals surface area contributed by atoms with Gasteiger partial charge in [0, 0.05) is 0 Å². The van der Waals surface area contributed by atoms with Crippen molar-refractivity contribution in [3.8, 4) is 5.75 Å². The Labute approximate surface area is 80.4 Å². The maximum absolute atomic E-state index is 13.0. The third-order valence-corrected chi connectivity index (χ3v) is 1.56. The van der Waals surface area contributed by atoms with Crippen molar-refractivity contribution in [3.63, 3.8) is 0 Å². The summed E-state index contributed by atoms with van der Waals surface area (Å²) in [7, 11) is 1.22. The number of methoxy groups -OCH3 is 1. The lowest BCUT2D eigenvalue weighted by atomic mass is 10.3. The predicted molar refractivity (Wildman–Crippen MR) is 48.3 cm³/mol. The molecule has 0 aliphatic carbocycles. The molecule has 5 heteroatoms. The second kappa shape index (κ2) is 4.45. The van der Waals surface area contributed by atoms with Crippen LogP contribution in [0.3, 0.4) is 0 Å². The van der Waals surface area contributed by atoms with Gasteiger partial charge in [-0.15, -0.1) is 0 Å². The van der Waals surface area contributed by atoms with Gasteiger partial charge in [0.2, 0.25) is 0 Å². The zero-order valence-corrected chi connectivity index (χ0v) is 7.62. The van der Waals surface area contributed by atoms with Gasteiger partial charge in [0.25, 0.3) is 0 Å². The fourth-order valence-electron chi connectivity index (χ4n) is 0.868. The maximum Gasteiger partial charge on any atom is 0.343 e. The topological polar surface area (TPSA) is 61.5 Å². The molecule has 0 atom stereocenters. The molecule has 0 spiro atoms. The van der Waals surface area contributed by atoms with Crippen LogP contribution in [0, 0.1) is 5.82 Å². The highest BCUT2D eigenvalue weighted by atomic mass is 19.1. The van der Waals surface area contributed by atoms with Gasteiger partial charge in [0.15, 0.2) is 18.2 Å². The molecule has 0 aromatic heterocycles. The lowest BCUT2D eigenvalue weighted by molar-refractivity contribution is -0.142. The predicted octanol–water partition coefficient (Wildman–Crippen LogP) is 0.960. The number of hydrogen-bond acceptors (Lipinski definition) is 4. The standard InChI is InChI=1S/C9H10FNO3/c1-13-8(12)5-14-9-6(10)3-2-4-7(9)11/h2-4H,5,11H2,1H3. The number of benzene rings is 1. The van der Waals surface area contributed by atoms with Crippen LogP contribution in [0.15, 0.2) is 18.2 Å². The Morgan fingerprint density at radius 3 is 2.86 bits per heavy atom. The number of rotatable bonds is 3. The van der Waals surface area contributed by atoms with Gasteiger partial charge in [-0.2, -0.15) is 0 Å². The molecule has 76 valence electrons. The van der Waals surface area contributed by atoms with Crippen molar-refractivity contribution in [1.82, 2.24) is 0 Å². The van der Waals surface area contributed by atoms with E-state index in [-0.39, 0.29) is 18.0 Å². The Kier molecular flexibility index (Phi) is 3.28. The summed E-state index contributed by atoms with van der Waals surface area (Å²) in [5.74, 6) is -1.32. The molecule has 0 saturated heterocycles. The van der Waals surface area contributed by atoms with E-state index in [4.69, 9.17) is 10.5 Å². The number of nitrogen functional groups attached to an aromatic ring is 1. The van der Waals surface area contributed by atoms with E-state index in [1.807, 2.05) is 0 Å². The van der Waals surface area contributed by atoms with E-state index in [0.717, 1.165) is 0 Å². The minimum absolute atomic E-state index is 0.127. The quantitative estimate of drug-likeness (QED) is 0.581. The van der Waals surface area contributed by atoms with Crippen molar-refractivity contribution >= 4 is 11.7 Å². The zero-order valence-electron chi connectivity index (χ0n) is 7.62. The van der Waals surface area contributed by atoms with E-state index in [0.29, 0.717) is 0 Å². The summed E-state index contributed by atoms with van der Waals surface area (Å²) in [5, 5.41) is 0. The van der Waals surface area contributed by atoms with Crippen molar-refractivity contribution in [2.75, 3.05) is 19.5 Å². The third kappa shape index (κ3) is 2.35. The fraction of sp³-hybridized carbons (Fsp3) is 0.222. The number of hydrogen-bond donors (Lipinski definition) is 1. The molecule has 0 bridgehead atoms. The monoisotopic (exact) mass is 199 g/mol. The summed E-state index contributed by atoms with van der Waals surface area (Å²) in [6.07, 6.45) is 0. The van der Waals surface area contributed by atoms with Crippen LogP contribution in [0.5, 0.6) is 5.75 Å². The Morgan fingerprint density at radius 1 is 1.57 bits per heavy atom. The lowest BCUT2D eigenvalue weighted by Crippen LogP contribution is -2.14. The number of esters is 1. The summed E-state index contributed by atoms with van der Waals surface area (Å²) >= 11 is 0. The average molecular weight is 199 g/mol. The summed E-state index contributed by atoms with van der Waals surface area (Å²) in [6.45, 7) is -0.359. The summed E-state index contributed by atoms with van der Waals surface area (Å²) in [4.78, 5) is 10.7. The second-order valence-corrected chi connectivity index (χ2v) is 2.52. The molecule has 0 unspecified atom stereocenters. The molecule has 4 nitrogen and oxygen atoms in total. The Morgan fingerprint density at radius 2 is 2.29 bits per heavy atom. The first kappa shape index (κ1) is 10.3. The van der Waals surface area contributed by atoms with Crippen LogP contribution in [0.1, 0.15) is 0 Å².